The standard InChI is InChI=1S/C31H40FN5O4SSi/c1-31(2,3)43(6,7)41-20-13-11-19(12-14-20)17-40-30-36-35-29(42-30)34-28(38)22-16-25-24(33-18-37(25)4)15-21(22)27-23(32)9-8-10-26(27)39-5/h8-10,15-16,18-20H,11-14,17H2,1-7H3,(H,34,35,38). The zero-order chi connectivity index (χ0) is 30.9. The third kappa shape index (κ3) is 6.76. The van der Waals surface area contributed by atoms with Gasteiger partial charge in [0.25, 0.3) is 11.1 Å². The molecule has 0 radical (unpaired) electrons. The summed E-state index contributed by atoms with van der Waals surface area (Å²) in [4.78, 5) is 18.0. The van der Waals surface area contributed by atoms with Crippen LogP contribution < -0.4 is 14.8 Å². The Kier molecular flexibility index (Phi) is 8.91. The molecule has 1 amide bonds. The van der Waals surface area contributed by atoms with Crippen molar-refractivity contribution in [3.63, 3.8) is 0 Å². The average molecular weight is 626 g/mol. The Hall–Kier alpha value is -3.35. The van der Waals surface area contributed by atoms with Crippen LogP contribution in [0, 0.1) is 11.7 Å². The summed E-state index contributed by atoms with van der Waals surface area (Å²) in [6.45, 7) is 12.0. The first-order chi connectivity index (χ1) is 20.4. The molecule has 0 spiro atoms. The molecule has 2 aromatic heterocycles. The number of hydrogen-bond donors (Lipinski definition) is 1. The van der Waals surface area contributed by atoms with Crippen LogP contribution in [-0.2, 0) is 11.5 Å². The van der Waals surface area contributed by atoms with Crippen LogP contribution in [0.4, 0.5) is 9.52 Å². The first-order valence-electron chi connectivity index (χ1n) is 14.6. The second-order valence-corrected chi connectivity index (χ2v) is 18.4. The van der Waals surface area contributed by atoms with Crippen molar-refractivity contribution in [2.45, 2.75) is 70.7 Å². The van der Waals surface area contributed by atoms with Crippen molar-refractivity contribution in [2.75, 3.05) is 19.0 Å². The van der Waals surface area contributed by atoms with Crippen LogP contribution >= 0.6 is 11.3 Å². The van der Waals surface area contributed by atoms with Crippen molar-refractivity contribution in [1.29, 1.82) is 0 Å². The summed E-state index contributed by atoms with van der Waals surface area (Å²) in [5.41, 5.74) is 2.18. The molecule has 43 heavy (non-hydrogen) atoms. The van der Waals surface area contributed by atoms with E-state index in [1.807, 2.05) is 7.05 Å². The largest absolute Gasteiger partial charge is 0.496 e. The highest BCUT2D eigenvalue weighted by molar-refractivity contribution is 7.17. The maximum atomic E-state index is 15.1. The number of methoxy groups -OCH3 is 1. The van der Waals surface area contributed by atoms with Crippen LogP contribution in [0.1, 0.15) is 56.8 Å². The van der Waals surface area contributed by atoms with Gasteiger partial charge in [-0.2, -0.15) is 0 Å². The van der Waals surface area contributed by atoms with Crippen LogP contribution in [-0.4, -0.2) is 53.8 Å². The van der Waals surface area contributed by atoms with Gasteiger partial charge < -0.3 is 18.5 Å². The van der Waals surface area contributed by atoms with Crippen LogP contribution in [0.25, 0.3) is 22.2 Å². The molecule has 4 aromatic rings. The summed E-state index contributed by atoms with van der Waals surface area (Å²) in [5.74, 6) is -0.219. The number of amides is 1. The fourth-order valence-electron chi connectivity index (χ4n) is 5.19. The number of aryl methyl sites for hydroxylation is 1. The molecule has 1 N–H and O–H groups in total. The quantitative estimate of drug-likeness (QED) is 0.193. The summed E-state index contributed by atoms with van der Waals surface area (Å²) in [6.07, 6.45) is 6.13. The van der Waals surface area contributed by atoms with Gasteiger partial charge in [-0.3, -0.25) is 10.1 Å². The van der Waals surface area contributed by atoms with E-state index < -0.39 is 20.0 Å². The Balaban J connectivity index is 1.25. The van der Waals surface area contributed by atoms with Crippen molar-refractivity contribution in [2.24, 2.45) is 13.0 Å². The van der Waals surface area contributed by atoms with E-state index in [4.69, 9.17) is 13.9 Å². The number of benzene rings is 2. The molecule has 0 aliphatic heterocycles. The first kappa shape index (κ1) is 31.1. The summed E-state index contributed by atoms with van der Waals surface area (Å²) in [7, 11) is 1.53. The minimum Gasteiger partial charge on any atom is -0.496 e. The topological polar surface area (TPSA) is 100 Å². The molecule has 0 bridgehead atoms. The number of hydrogen-bond acceptors (Lipinski definition) is 8. The molecule has 2 aromatic carbocycles. The van der Waals surface area contributed by atoms with Gasteiger partial charge in [0.2, 0.25) is 5.13 Å². The third-order valence-electron chi connectivity index (χ3n) is 8.70. The van der Waals surface area contributed by atoms with Gasteiger partial charge in [-0.25, -0.2) is 9.37 Å². The molecule has 0 saturated heterocycles. The molecule has 1 saturated carbocycles. The van der Waals surface area contributed by atoms with E-state index >= 15 is 4.39 Å². The number of nitrogens with one attached hydrogen (secondary N) is 1. The highest BCUT2D eigenvalue weighted by Gasteiger charge is 2.39. The van der Waals surface area contributed by atoms with Gasteiger partial charge in [-0.05, 0) is 85.3 Å². The van der Waals surface area contributed by atoms with E-state index in [9.17, 15) is 4.79 Å². The predicted molar refractivity (Wildman–Crippen MR) is 170 cm³/mol. The van der Waals surface area contributed by atoms with Crippen molar-refractivity contribution < 1.29 is 23.1 Å². The van der Waals surface area contributed by atoms with Gasteiger partial charge in [-0.15, -0.1) is 5.10 Å². The number of rotatable bonds is 9. The summed E-state index contributed by atoms with van der Waals surface area (Å²) in [5, 5.41) is 12.0. The normalized spacial score (nSPS) is 17.7. The number of imidazole rings is 1. The zero-order valence-corrected chi connectivity index (χ0v) is 27.7. The minimum absolute atomic E-state index is 0.188. The van der Waals surface area contributed by atoms with Gasteiger partial charge >= 0.3 is 0 Å². The average Bonchev–Trinajstić information content (AvgIpc) is 3.56. The van der Waals surface area contributed by atoms with Crippen molar-refractivity contribution in [3.05, 3.63) is 48.0 Å². The van der Waals surface area contributed by atoms with E-state index in [-0.39, 0.29) is 16.2 Å². The molecule has 0 unspecified atom stereocenters. The number of carbonyl (C=O) groups is 1. The highest BCUT2D eigenvalue weighted by atomic mass is 32.1. The van der Waals surface area contributed by atoms with Crippen molar-refractivity contribution in [1.82, 2.24) is 19.7 Å². The summed E-state index contributed by atoms with van der Waals surface area (Å²) in [6, 6.07) is 7.96. The molecule has 5 rings (SSSR count). The van der Waals surface area contributed by atoms with E-state index in [1.165, 1.54) is 13.2 Å². The number of fused-ring (bicyclic) bond motifs is 1. The van der Waals surface area contributed by atoms with Crippen LogP contribution in [0.15, 0.2) is 36.7 Å². The Labute approximate surface area is 256 Å². The van der Waals surface area contributed by atoms with Crippen molar-refractivity contribution in [3.8, 4) is 22.1 Å². The number of carbonyl (C=O) groups excluding carboxylic acids is 1. The fourth-order valence-corrected chi connectivity index (χ4v) is 7.21. The summed E-state index contributed by atoms with van der Waals surface area (Å²) < 4.78 is 34.9. The molecule has 1 fully saturated rings. The molecular weight excluding hydrogens is 586 g/mol. The highest BCUT2D eigenvalue weighted by Crippen LogP contribution is 2.40. The minimum atomic E-state index is -1.78. The molecule has 230 valence electrons. The molecule has 0 atom stereocenters. The van der Waals surface area contributed by atoms with Crippen LogP contribution in [0.3, 0.4) is 0 Å². The molecule has 12 heteroatoms. The molecule has 2 heterocycles. The third-order valence-corrected chi connectivity index (χ3v) is 14.0. The van der Waals surface area contributed by atoms with Crippen molar-refractivity contribution >= 4 is 41.7 Å². The monoisotopic (exact) mass is 625 g/mol. The lowest BCUT2D eigenvalue weighted by Gasteiger charge is -2.41. The lowest BCUT2D eigenvalue weighted by Crippen LogP contribution is -2.44. The Morgan fingerprint density at radius 1 is 1.16 bits per heavy atom. The predicted octanol–water partition coefficient (Wildman–Crippen LogP) is 7.45. The molecule has 1 aliphatic rings. The number of anilines is 1. The molecular formula is C31H40FN5O4SSi. The molecule has 9 nitrogen and oxygen atoms in total. The SMILES string of the molecule is COc1cccc(F)c1-c1cc2ncn(C)c2cc1C(=O)Nc1nnc(OCC2CCC(O[Si](C)(C)C(C)(C)C)CC2)s1. The second kappa shape index (κ2) is 12.3. The smallest absolute Gasteiger partial charge is 0.295 e. The number of nitrogens with zero attached hydrogens (tertiary/aromatic N) is 4. The van der Waals surface area contributed by atoms with Gasteiger partial charge in [-0.1, -0.05) is 31.9 Å². The van der Waals surface area contributed by atoms with Crippen LogP contribution in [0.5, 0.6) is 10.9 Å². The number of ether oxygens (including phenoxy) is 2. The van der Waals surface area contributed by atoms with E-state index in [1.54, 1.807) is 35.2 Å². The zero-order valence-electron chi connectivity index (χ0n) is 25.9. The van der Waals surface area contributed by atoms with Gasteiger partial charge in [0.05, 0.1) is 42.2 Å². The molecule has 1 aliphatic carbocycles. The Morgan fingerprint density at radius 3 is 2.60 bits per heavy atom. The Bertz CT molecular complexity index is 1610. The van der Waals surface area contributed by atoms with Crippen LogP contribution in [0.2, 0.25) is 18.1 Å². The Morgan fingerprint density at radius 2 is 1.91 bits per heavy atom. The van der Waals surface area contributed by atoms with E-state index in [0.717, 1.165) is 42.5 Å². The lowest BCUT2D eigenvalue weighted by molar-refractivity contribution is 0.0983. The van der Waals surface area contributed by atoms with E-state index in [0.29, 0.717) is 45.8 Å². The first-order valence-corrected chi connectivity index (χ1v) is 18.3. The lowest BCUT2D eigenvalue weighted by atomic mass is 9.88. The fraction of sp³-hybridized carbons (Fsp3) is 0.484. The van der Waals surface area contributed by atoms with Gasteiger partial charge in [0.1, 0.15) is 11.6 Å². The van der Waals surface area contributed by atoms with Gasteiger partial charge in [0, 0.05) is 18.7 Å². The number of aromatic nitrogens is 4. The summed E-state index contributed by atoms with van der Waals surface area (Å²) >= 11 is 1.16. The maximum absolute atomic E-state index is 15.1. The second-order valence-electron chi connectivity index (χ2n) is 12.7. The van der Waals surface area contributed by atoms with Gasteiger partial charge in [0.15, 0.2) is 8.32 Å². The maximum Gasteiger partial charge on any atom is 0.295 e. The van der Waals surface area contributed by atoms with E-state index in [2.05, 4.69) is 54.4 Å². The number of halogens is 1.